The third-order valence-corrected chi connectivity index (χ3v) is 3.08. The fraction of sp³-hybridized carbons (Fsp3) is 0.444. The van der Waals surface area contributed by atoms with Crippen LogP contribution >= 0.6 is 15.9 Å². The van der Waals surface area contributed by atoms with Crippen molar-refractivity contribution in [2.75, 3.05) is 11.4 Å². The van der Waals surface area contributed by atoms with E-state index in [4.69, 9.17) is 0 Å². The van der Waals surface area contributed by atoms with Crippen LogP contribution in [0.5, 0.6) is 0 Å². The zero-order valence-electron chi connectivity index (χ0n) is 7.56. The number of carbonyl (C=O) groups excluding carboxylic acids is 1. The second-order valence-electron chi connectivity index (χ2n) is 3.20. The summed E-state index contributed by atoms with van der Waals surface area (Å²) in [5.74, 6) is 0.103. The van der Waals surface area contributed by atoms with Gasteiger partial charge in [0.1, 0.15) is 6.33 Å². The molecule has 0 spiro atoms. The molecule has 0 N–H and O–H groups in total. The lowest BCUT2D eigenvalue weighted by Crippen LogP contribution is -2.41. The number of amides is 1. The molecule has 1 atom stereocenters. The molecule has 4 nitrogen and oxygen atoms in total. The summed E-state index contributed by atoms with van der Waals surface area (Å²) in [6, 6.07) is 0. The average Bonchev–Trinajstić information content (AvgIpc) is 2.23. The average molecular weight is 256 g/mol. The van der Waals surface area contributed by atoms with Crippen molar-refractivity contribution < 1.29 is 4.79 Å². The summed E-state index contributed by atoms with van der Waals surface area (Å²) in [5.41, 5.74) is 0.779. The van der Waals surface area contributed by atoms with Gasteiger partial charge in [0.2, 0.25) is 5.91 Å². The largest absolute Gasteiger partial charge is 0.309 e. The van der Waals surface area contributed by atoms with Gasteiger partial charge in [-0.25, -0.2) is 9.97 Å². The van der Waals surface area contributed by atoms with E-state index in [2.05, 4.69) is 25.9 Å². The monoisotopic (exact) mass is 255 g/mol. The van der Waals surface area contributed by atoms with Crippen LogP contribution in [0.15, 0.2) is 18.7 Å². The summed E-state index contributed by atoms with van der Waals surface area (Å²) < 4.78 is 0. The Hall–Kier alpha value is -0.970. The maximum atomic E-state index is 11.7. The first kappa shape index (κ1) is 9.58. The van der Waals surface area contributed by atoms with Gasteiger partial charge >= 0.3 is 0 Å². The van der Waals surface area contributed by atoms with Crippen molar-refractivity contribution in [3.63, 3.8) is 0 Å². The highest BCUT2D eigenvalue weighted by atomic mass is 79.9. The fourth-order valence-corrected chi connectivity index (χ4v) is 2.09. The molecule has 1 saturated heterocycles. The highest BCUT2D eigenvalue weighted by molar-refractivity contribution is 9.10. The summed E-state index contributed by atoms with van der Waals surface area (Å²) >= 11 is 3.36. The van der Waals surface area contributed by atoms with Crippen molar-refractivity contribution in [1.82, 2.24) is 9.97 Å². The minimum atomic E-state index is -0.0588. The number of hydrogen-bond acceptors (Lipinski definition) is 3. The maximum absolute atomic E-state index is 11.7. The highest BCUT2D eigenvalue weighted by Gasteiger charge is 2.27. The summed E-state index contributed by atoms with van der Waals surface area (Å²) in [5, 5.41) is 0. The zero-order chi connectivity index (χ0) is 9.97. The van der Waals surface area contributed by atoms with Crippen LogP contribution < -0.4 is 4.90 Å². The van der Waals surface area contributed by atoms with Gasteiger partial charge in [0, 0.05) is 6.54 Å². The van der Waals surface area contributed by atoms with Gasteiger partial charge in [-0.2, -0.15) is 0 Å². The van der Waals surface area contributed by atoms with Crippen LogP contribution in [0.2, 0.25) is 0 Å². The van der Waals surface area contributed by atoms with E-state index in [1.165, 1.54) is 6.33 Å². The lowest BCUT2D eigenvalue weighted by atomic mass is 10.1. The summed E-state index contributed by atoms with van der Waals surface area (Å²) in [4.78, 5) is 21.2. The lowest BCUT2D eigenvalue weighted by molar-refractivity contribution is -0.118. The third-order valence-electron chi connectivity index (χ3n) is 2.23. The van der Waals surface area contributed by atoms with Crippen molar-refractivity contribution in [3.8, 4) is 0 Å². The van der Waals surface area contributed by atoms with Crippen molar-refractivity contribution in [3.05, 3.63) is 18.7 Å². The van der Waals surface area contributed by atoms with Crippen molar-refractivity contribution >= 4 is 27.5 Å². The van der Waals surface area contributed by atoms with Gasteiger partial charge in [0.25, 0.3) is 0 Å². The highest BCUT2D eigenvalue weighted by Crippen LogP contribution is 2.23. The second kappa shape index (κ2) is 4.04. The number of aromatic nitrogens is 2. The molecule has 14 heavy (non-hydrogen) atoms. The second-order valence-corrected chi connectivity index (χ2v) is 4.30. The summed E-state index contributed by atoms with van der Waals surface area (Å²) in [6.07, 6.45) is 6.70. The molecule has 2 heterocycles. The van der Waals surface area contributed by atoms with Gasteiger partial charge in [0.15, 0.2) is 0 Å². The van der Waals surface area contributed by atoms with Gasteiger partial charge in [0.05, 0.1) is 22.9 Å². The third kappa shape index (κ3) is 1.77. The van der Waals surface area contributed by atoms with Crippen LogP contribution in [0.25, 0.3) is 0 Å². The lowest BCUT2D eigenvalue weighted by Gasteiger charge is -2.29. The quantitative estimate of drug-likeness (QED) is 0.713. The first-order valence-electron chi connectivity index (χ1n) is 4.49. The Kier molecular flexibility index (Phi) is 2.77. The molecule has 1 aromatic rings. The van der Waals surface area contributed by atoms with Crippen molar-refractivity contribution in [2.45, 2.75) is 17.7 Å². The zero-order valence-corrected chi connectivity index (χ0v) is 9.14. The molecule has 1 aromatic heterocycles. The molecule has 0 aromatic carbocycles. The summed E-state index contributed by atoms with van der Waals surface area (Å²) in [6.45, 7) is 0.758. The van der Waals surface area contributed by atoms with E-state index in [-0.39, 0.29) is 10.7 Å². The van der Waals surface area contributed by atoms with Crippen LogP contribution in [-0.4, -0.2) is 27.2 Å². The number of alkyl halides is 1. The van der Waals surface area contributed by atoms with Crippen LogP contribution in [-0.2, 0) is 4.79 Å². The van der Waals surface area contributed by atoms with E-state index in [1.54, 1.807) is 17.3 Å². The molecule has 0 aliphatic carbocycles. The molecule has 1 unspecified atom stereocenters. The minimum Gasteiger partial charge on any atom is -0.309 e. The number of rotatable bonds is 1. The molecule has 5 heteroatoms. The van der Waals surface area contributed by atoms with Gasteiger partial charge in [-0.3, -0.25) is 4.79 Å². The predicted molar refractivity (Wildman–Crippen MR) is 56.3 cm³/mol. The number of nitrogens with zero attached hydrogens (tertiary/aromatic N) is 3. The Bertz CT molecular complexity index is 330. The summed E-state index contributed by atoms with van der Waals surface area (Å²) in [7, 11) is 0. The normalized spacial score (nSPS) is 22.5. The standard InChI is InChI=1S/C9H10BrN3O/c10-8-2-1-3-13(9(8)14)7-4-11-6-12-5-7/h4-6,8H,1-3H2. The number of hydrogen-bond donors (Lipinski definition) is 0. The van der Waals surface area contributed by atoms with Crippen LogP contribution in [0.4, 0.5) is 5.69 Å². The molecule has 0 bridgehead atoms. The number of halogens is 1. The first-order chi connectivity index (χ1) is 6.79. The molecular formula is C9H10BrN3O. The fourth-order valence-electron chi connectivity index (χ4n) is 1.52. The van der Waals surface area contributed by atoms with Crippen LogP contribution in [0.3, 0.4) is 0 Å². The molecule has 0 saturated carbocycles. The topological polar surface area (TPSA) is 46.1 Å². The van der Waals surface area contributed by atoms with E-state index in [0.717, 1.165) is 25.1 Å². The minimum absolute atomic E-state index is 0.0588. The van der Waals surface area contributed by atoms with E-state index >= 15 is 0 Å². The first-order valence-corrected chi connectivity index (χ1v) is 5.41. The smallest absolute Gasteiger partial charge is 0.240 e. The predicted octanol–water partition coefficient (Wildman–Crippen LogP) is 1.37. The molecular weight excluding hydrogens is 246 g/mol. The van der Waals surface area contributed by atoms with Crippen molar-refractivity contribution in [2.24, 2.45) is 0 Å². The maximum Gasteiger partial charge on any atom is 0.240 e. The number of carbonyl (C=O) groups is 1. The molecule has 1 amide bonds. The molecule has 74 valence electrons. The Labute approximate surface area is 90.5 Å². The Balaban J connectivity index is 2.22. The SMILES string of the molecule is O=C1C(Br)CCCN1c1cncnc1. The number of anilines is 1. The Morgan fingerprint density at radius 3 is 2.86 bits per heavy atom. The van der Waals surface area contributed by atoms with Crippen LogP contribution in [0.1, 0.15) is 12.8 Å². The van der Waals surface area contributed by atoms with Gasteiger partial charge in [-0.15, -0.1) is 0 Å². The van der Waals surface area contributed by atoms with Crippen molar-refractivity contribution in [1.29, 1.82) is 0 Å². The van der Waals surface area contributed by atoms with Gasteiger partial charge in [-0.05, 0) is 12.8 Å². The Morgan fingerprint density at radius 1 is 1.43 bits per heavy atom. The molecule has 1 fully saturated rings. The molecule has 1 aliphatic rings. The number of piperidine rings is 1. The Morgan fingerprint density at radius 2 is 2.14 bits per heavy atom. The van der Waals surface area contributed by atoms with E-state index < -0.39 is 0 Å². The van der Waals surface area contributed by atoms with E-state index in [9.17, 15) is 4.79 Å². The van der Waals surface area contributed by atoms with Gasteiger partial charge < -0.3 is 4.90 Å². The molecule has 0 radical (unpaired) electrons. The van der Waals surface area contributed by atoms with Crippen LogP contribution in [0, 0.1) is 0 Å². The van der Waals surface area contributed by atoms with E-state index in [1.807, 2.05) is 0 Å². The van der Waals surface area contributed by atoms with Gasteiger partial charge in [-0.1, -0.05) is 15.9 Å². The molecule has 2 rings (SSSR count). The van der Waals surface area contributed by atoms with E-state index in [0.29, 0.717) is 0 Å². The molecule has 1 aliphatic heterocycles.